The van der Waals surface area contributed by atoms with Gasteiger partial charge < -0.3 is 15.4 Å². The zero-order valence-corrected chi connectivity index (χ0v) is 14.8. The summed E-state index contributed by atoms with van der Waals surface area (Å²) in [5.74, 6) is 0.791. The molecule has 2 amide bonds. The van der Waals surface area contributed by atoms with E-state index in [-0.39, 0.29) is 6.03 Å². The Bertz CT molecular complexity index is 874. The highest BCUT2D eigenvalue weighted by Crippen LogP contribution is 2.18. The number of benzene rings is 1. The number of ether oxygens (including phenoxy) is 1. The molecule has 0 saturated carbocycles. The summed E-state index contributed by atoms with van der Waals surface area (Å²) in [6.07, 6.45) is 7.24. The van der Waals surface area contributed by atoms with Gasteiger partial charge in [0.05, 0.1) is 13.3 Å². The van der Waals surface area contributed by atoms with Gasteiger partial charge in [-0.1, -0.05) is 12.1 Å². The molecular formula is C19H21N5O2. The highest BCUT2D eigenvalue weighted by Gasteiger charge is 2.05. The molecule has 0 aliphatic carbocycles. The SMILES string of the molecule is COc1ccc(CNC(=O)NCc2cncc(-c3cnn(C)c3)c2)cc1. The second-order valence-corrected chi connectivity index (χ2v) is 5.87. The van der Waals surface area contributed by atoms with Crippen molar-refractivity contribution < 1.29 is 9.53 Å². The average Bonchev–Trinajstić information content (AvgIpc) is 3.12. The molecule has 26 heavy (non-hydrogen) atoms. The quantitative estimate of drug-likeness (QED) is 0.715. The number of amides is 2. The molecule has 2 aromatic heterocycles. The number of pyridine rings is 1. The zero-order valence-electron chi connectivity index (χ0n) is 14.8. The number of carbonyl (C=O) groups excluding carboxylic acids is 1. The molecule has 3 rings (SSSR count). The minimum Gasteiger partial charge on any atom is -0.497 e. The second kappa shape index (κ2) is 8.15. The van der Waals surface area contributed by atoms with Crippen LogP contribution in [0.15, 0.2) is 55.1 Å². The maximum absolute atomic E-state index is 12.0. The van der Waals surface area contributed by atoms with E-state index in [1.165, 1.54) is 0 Å². The van der Waals surface area contributed by atoms with Crippen molar-refractivity contribution in [1.82, 2.24) is 25.4 Å². The lowest BCUT2D eigenvalue weighted by molar-refractivity contribution is 0.240. The summed E-state index contributed by atoms with van der Waals surface area (Å²) in [7, 11) is 3.49. The van der Waals surface area contributed by atoms with E-state index < -0.39 is 0 Å². The lowest BCUT2D eigenvalue weighted by Gasteiger charge is -2.09. The molecule has 0 unspecified atom stereocenters. The van der Waals surface area contributed by atoms with Crippen LogP contribution < -0.4 is 15.4 Å². The Morgan fingerprint density at radius 1 is 1.04 bits per heavy atom. The monoisotopic (exact) mass is 351 g/mol. The third-order valence-corrected chi connectivity index (χ3v) is 3.90. The van der Waals surface area contributed by atoms with E-state index in [0.717, 1.165) is 28.0 Å². The van der Waals surface area contributed by atoms with Gasteiger partial charge in [0, 0.05) is 49.9 Å². The van der Waals surface area contributed by atoms with E-state index in [1.54, 1.807) is 30.4 Å². The molecule has 0 radical (unpaired) electrons. The smallest absolute Gasteiger partial charge is 0.315 e. The van der Waals surface area contributed by atoms with E-state index in [4.69, 9.17) is 4.74 Å². The molecule has 0 saturated heterocycles. The normalized spacial score (nSPS) is 10.4. The number of rotatable bonds is 6. The standard InChI is InChI=1S/C19H21N5O2/c1-24-13-17(12-23-24)16-7-15(8-20-11-16)10-22-19(25)21-9-14-3-5-18(26-2)6-4-14/h3-8,11-13H,9-10H2,1-2H3,(H2,21,22,25). The first kappa shape index (κ1) is 17.5. The fraction of sp³-hybridized carbons (Fsp3) is 0.211. The Morgan fingerprint density at radius 3 is 2.42 bits per heavy atom. The third kappa shape index (κ3) is 4.60. The molecular weight excluding hydrogens is 330 g/mol. The van der Waals surface area contributed by atoms with Crippen LogP contribution in [-0.2, 0) is 20.1 Å². The minimum atomic E-state index is -0.229. The minimum absolute atomic E-state index is 0.229. The molecule has 0 fully saturated rings. The summed E-state index contributed by atoms with van der Waals surface area (Å²) >= 11 is 0. The summed E-state index contributed by atoms with van der Waals surface area (Å²) in [5.41, 5.74) is 3.88. The van der Waals surface area contributed by atoms with Crippen LogP contribution in [0, 0.1) is 0 Å². The summed E-state index contributed by atoms with van der Waals surface area (Å²) in [4.78, 5) is 16.2. The summed E-state index contributed by atoms with van der Waals surface area (Å²) in [6, 6.07) is 9.33. The molecule has 134 valence electrons. The number of aryl methyl sites for hydroxylation is 1. The van der Waals surface area contributed by atoms with Gasteiger partial charge in [-0.3, -0.25) is 9.67 Å². The van der Waals surface area contributed by atoms with E-state index in [1.807, 2.05) is 43.6 Å². The number of nitrogens with zero attached hydrogens (tertiary/aromatic N) is 3. The molecule has 2 N–H and O–H groups in total. The number of hydrogen-bond acceptors (Lipinski definition) is 4. The molecule has 3 aromatic rings. The summed E-state index contributed by atoms with van der Waals surface area (Å²) in [6.45, 7) is 0.847. The van der Waals surface area contributed by atoms with Crippen LogP contribution in [0.2, 0.25) is 0 Å². The van der Waals surface area contributed by atoms with Crippen molar-refractivity contribution in [3.05, 3.63) is 66.2 Å². The number of nitrogens with one attached hydrogen (secondary N) is 2. The van der Waals surface area contributed by atoms with E-state index in [0.29, 0.717) is 13.1 Å². The van der Waals surface area contributed by atoms with Crippen LogP contribution in [-0.4, -0.2) is 27.9 Å². The molecule has 0 atom stereocenters. The molecule has 2 heterocycles. The van der Waals surface area contributed by atoms with Crippen molar-refractivity contribution in [3.63, 3.8) is 0 Å². The van der Waals surface area contributed by atoms with Gasteiger partial charge in [-0.15, -0.1) is 0 Å². The van der Waals surface area contributed by atoms with Gasteiger partial charge in [-0.05, 0) is 29.3 Å². The topological polar surface area (TPSA) is 81.1 Å². The van der Waals surface area contributed by atoms with Gasteiger partial charge in [-0.2, -0.15) is 5.10 Å². The number of hydrogen-bond donors (Lipinski definition) is 2. The maximum atomic E-state index is 12.0. The fourth-order valence-corrected chi connectivity index (χ4v) is 2.48. The predicted molar refractivity (Wildman–Crippen MR) is 98.5 cm³/mol. The van der Waals surface area contributed by atoms with Crippen molar-refractivity contribution in [2.45, 2.75) is 13.1 Å². The van der Waals surface area contributed by atoms with Gasteiger partial charge in [0.15, 0.2) is 0 Å². The number of methoxy groups -OCH3 is 1. The molecule has 0 aliphatic rings. The Morgan fingerprint density at radius 2 is 1.77 bits per heavy atom. The van der Waals surface area contributed by atoms with Crippen LogP contribution in [0.4, 0.5) is 4.79 Å². The number of aromatic nitrogens is 3. The van der Waals surface area contributed by atoms with E-state index >= 15 is 0 Å². The maximum Gasteiger partial charge on any atom is 0.315 e. The van der Waals surface area contributed by atoms with E-state index in [9.17, 15) is 4.79 Å². The van der Waals surface area contributed by atoms with Gasteiger partial charge in [0.25, 0.3) is 0 Å². The van der Waals surface area contributed by atoms with Gasteiger partial charge in [0.2, 0.25) is 0 Å². The van der Waals surface area contributed by atoms with Crippen LogP contribution in [0.1, 0.15) is 11.1 Å². The molecule has 1 aromatic carbocycles. The average molecular weight is 351 g/mol. The lowest BCUT2D eigenvalue weighted by Crippen LogP contribution is -2.34. The Kier molecular flexibility index (Phi) is 5.48. The summed E-state index contributed by atoms with van der Waals surface area (Å²) < 4.78 is 6.86. The predicted octanol–water partition coefficient (Wildman–Crippen LogP) is 2.49. The first-order chi connectivity index (χ1) is 12.6. The summed E-state index contributed by atoms with van der Waals surface area (Å²) in [5, 5.41) is 9.83. The Hall–Kier alpha value is -3.35. The largest absolute Gasteiger partial charge is 0.497 e. The first-order valence-electron chi connectivity index (χ1n) is 8.21. The molecule has 0 aliphatic heterocycles. The Labute approximate surface area is 152 Å². The molecule has 0 spiro atoms. The highest BCUT2D eigenvalue weighted by atomic mass is 16.5. The lowest BCUT2D eigenvalue weighted by atomic mass is 10.1. The van der Waals surface area contributed by atoms with Crippen LogP contribution >= 0.6 is 0 Å². The molecule has 7 heteroatoms. The van der Waals surface area contributed by atoms with Gasteiger partial charge in [-0.25, -0.2) is 4.79 Å². The van der Waals surface area contributed by atoms with Crippen LogP contribution in [0.25, 0.3) is 11.1 Å². The fourth-order valence-electron chi connectivity index (χ4n) is 2.48. The Balaban J connectivity index is 1.51. The van der Waals surface area contributed by atoms with Crippen LogP contribution in [0.5, 0.6) is 5.75 Å². The highest BCUT2D eigenvalue weighted by molar-refractivity contribution is 5.74. The van der Waals surface area contributed by atoms with Crippen molar-refractivity contribution >= 4 is 6.03 Å². The van der Waals surface area contributed by atoms with Crippen molar-refractivity contribution in [1.29, 1.82) is 0 Å². The number of carbonyl (C=O) groups is 1. The van der Waals surface area contributed by atoms with Crippen LogP contribution in [0.3, 0.4) is 0 Å². The van der Waals surface area contributed by atoms with Crippen molar-refractivity contribution in [3.8, 4) is 16.9 Å². The van der Waals surface area contributed by atoms with Crippen molar-refractivity contribution in [2.24, 2.45) is 7.05 Å². The number of urea groups is 1. The van der Waals surface area contributed by atoms with Gasteiger partial charge in [0.1, 0.15) is 5.75 Å². The third-order valence-electron chi connectivity index (χ3n) is 3.90. The van der Waals surface area contributed by atoms with E-state index in [2.05, 4.69) is 20.7 Å². The zero-order chi connectivity index (χ0) is 18.4. The first-order valence-corrected chi connectivity index (χ1v) is 8.21. The molecule has 7 nitrogen and oxygen atoms in total. The second-order valence-electron chi connectivity index (χ2n) is 5.87. The molecule has 0 bridgehead atoms. The van der Waals surface area contributed by atoms with Gasteiger partial charge >= 0.3 is 6.03 Å². The van der Waals surface area contributed by atoms with Crippen molar-refractivity contribution in [2.75, 3.05) is 7.11 Å².